The molecule has 1 rings (SSSR count). The quantitative estimate of drug-likeness (QED) is 0.867. The van der Waals surface area contributed by atoms with Crippen molar-refractivity contribution in [3.8, 4) is 0 Å². The molecule has 0 unspecified atom stereocenters. The average molecular weight is 338 g/mol. The van der Waals surface area contributed by atoms with Crippen LogP contribution in [0.4, 0.5) is 0 Å². The van der Waals surface area contributed by atoms with Crippen LogP contribution in [0.5, 0.6) is 0 Å². The molecule has 1 heterocycles. The summed E-state index contributed by atoms with van der Waals surface area (Å²) >= 11 is 4.92. The van der Waals surface area contributed by atoms with E-state index in [1.54, 1.807) is 18.3 Å². The van der Waals surface area contributed by atoms with Gasteiger partial charge in [-0.2, -0.15) is 0 Å². The Morgan fingerprint density at radius 2 is 2.29 bits per heavy atom. The summed E-state index contributed by atoms with van der Waals surface area (Å²) < 4.78 is 13.0. The highest BCUT2D eigenvalue weighted by Crippen LogP contribution is 2.23. The lowest BCUT2D eigenvalue weighted by Crippen LogP contribution is -2.36. The third-order valence-corrected chi connectivity index (χ3v) is 5.63. The summed E-state index contributed by atoms with van der Waals surface area (Å²) in [6, 6.07) is 3.86. The lowest BCUT2D eigenvalue weighted by molar-refractivity contribution is -0.120. The summed E-state index contributed by atoms with van der Waals surface area (Å²) in [6.45, 7) is 4.35. The Labute approximate surface area is 117 Å². The highest BCUT2D eigenvalue weighted by molar-refractivity contribution is 9.11. The van der Waals surface area contributed by atoms with Crippen LogP contribution < -0.4 is 5.32 Å². The lowest BCUT2D eigenvalue weighted by atomic mass is 10.4. The second-order valence-electron chi connectivity index (χ2n) is 3.66. The normalized spacial score (nSPS) is 14.3. The van der Waals surface area contributed by atoms with Crippen molar-refractivity contribution >= 4 is 44.0 Å². The molecular weight excluding hydrogens is 322 g/mol. The highest BCUT2D eigenvalue weighted by atomic mass is 79.9. The predicted octanol–water partition coefficient (Wildman–Crippen LogP) is 2.67. The molecule has 1 aromatic heterocycles. The van der Waals surface area contributed by atoms with Crippen molar-refractivity contribution in [3.63, 3.8) is 0 Å². The second kappa shape index (κ2) is 7.28. The van der Waals surface area contributed by atoms with Gasteiger partial charge < -0.3 is 5.32 Å². The first kappa shape index (κ1) is 14.9. The number of hydrogen-bond donors (Lipinski definition) is 1. The van der Waals surface area contributed by atoms with E-state index < -0.39 is 16.0 Å². The van der Waals surface area contributed by atoms with Gasteiger partial charge in [-0.25, -0.2) is 0 Å². The number of halogens is 1. The third kappa shape index (κ3) is 4.89. The molecule has 1 N–H and O–H groups in total. The van der Waals surface area contributed by atoms with Crippen LogP contribution in [0.25, 0.3) is 0 Å². The number of carbonyl (C=O) groups is 1. The minimum absolute atomic E-state index is 0.124. The molecule has 0 spiro atoms. The summed E-state index contributed by atoms with van der Waals surface area (Å²) in [6.07, 6.45) is 0.892. The Balaban J connectivity index is 2.49. The number of carbonyl (C=O) groups excluding carboxylic acids is 1. The number of thiophene rings is 1. The van der Waals surface area contributed by atoms with Gasteiger partial charge in [-0.3, -0.25) is 9.00 Å². The second-order valence-corrected chi connectivity index (χ2v) is 7.97. The van der Waals surface area contributed by atoms with Crippen molar-refractivity contribution in [2.24, 2.45) is 0 Å². The standard InChI is InChI=1S/C11H16BrNO2S2/c1-3-6-13-11(14)8(2)17(15)7-9-4-5-10(12)16-9/h4-5,8H,3,6-7H2,1-2H3,(H,13,14)/t8-,17+/m1/s1. The molecule has 17 heavy (non-hydrogen) atoms. The van der Waals surface area contributed by atoms with Crippen LogP contribution in [-0.4, -0.2) is 21.9 Å². The van der Waals surface area contributed by atoms with Gasteiger partial charge in [0, 0.05) is 22.2 Å². The third-order valence-electron chi connectivity index (χ3n) is 2.23. The van der Waals surface area contributed by atoms with E-state index in [1.165, 1.54) is 0 Å². The van der Waals surface area contributed by atoms with Crippen LogP contribution in [0, 0.1) is 0 Å². The van der Waals surface area contributed by atoms with Crippen LogP contribution in [0.15, 0.2) is 15.9 Å². The molecule has 1 aromatic rings. The summed E-state index contributed by atoms with van der Waals surface area (Å²) in [5, 5.41) is 2.31. The van der Waals surface area contributed by atoms with E-state index in [4.69, 9.17) is 0 Å². The van der Waals surface area contributed by atoms with Gasteiger partial charge in [-0.05, 0) is 41.4 Å². The molecule has 0 aliphatic rings. The molecular formula is C11H16BrNO2S2. The zero-order valence-corrected chi connectivity index (χ0v) is 13.1. The first-order chi connectivity index (χ1) is 8.04. The lowest BCUT2D eigenvalue weighted by Gasteiger charge is -2.10. The van der Waals surface area contributed by atoms with Gasteiger partial charge in [-0.1, -0.05) is 6.92 Å². The number of nitrogens with one attached hydrogen (secondary N) is 1. The highest BCUT2D eigenvalue weighted by Gasteiger charge is 2.20. The van der Waals surface area contributed by atoms with Crippen LogP contribution in [0.1, 0.15) is 25.1 Å². The minimum Gasteiger partial charge on any atom is -0.355 e. The van der Waals surface area contributed by atoms with Gasteiger partial charge in [0.15, 0.2) is 0 Å². The van der Waals surface area contributed by atoms with Crippen molar-refractivity contribution in [2.75, 3.05) is 6.54 Å². The molecule has 96 valence electrons. The van der Waals surface area contributed by atoms with Gasteiger partial charge in [0.25, 0.3) is 0 Å². The molecule has 0 aromatic carbocycles. The fourth-order valence-corrected chi connectivity index (χ4v) is 4.02. The number of hydrogen-bond acceptors (Lipinski definition) is 3. The molecule has 0 aliphatic carbocycles. The Hall–Kier alpha value is -0.200. The van der Waals surface area contributed by atoms with Crippen molar-refractivity contribution in [1.82, 2.24) is 5.32 Å². The first-order valence-corrected chi connectivity index (χ1v) is 8.42. The molecule has 3 nitrogen and oxygen atoms in total. The molecule has 1 amide bonds. The minimum atomic E-state index is -1.16. The Bertz CT molecular complexity index is 406. The summed E-state index contributed by atoms with van der Waals surface area (Å²) in [5.74, 6) is 0.317. The zero-order chi connectivity index (χ0) is 12.8. The van der Waals surface area contributed by atoms with E-state index in [-0.39, 0.29) is 5.91 Å². The monoisotopic (exact) mass is 337 g/mol. The molecule has 6 heteroatoms. The van der Waals surface area contributed by atoms with Gasteiger partial charge in [0.05, 0.1) is 9.54 Å². The maximum atomic E-state index is 12.0. The number of amides is 1. The van der Waals surface area contributed by atoms with E-state index in [9.17, 15) is 9.00 Å². The molecule has 0 saturated carbocycles. The van der Waals surface area contributed by atoms with E-state index in [1.807, 2.05) is 19.1 Å². The van der Waals surface area contributed by atoms with E-state index in [0.717, 1.165) is 15.1 Å². The summed E-state index contributed by atoms with van der Waals surface area (Å²) in [4.78, 5) is 12.7. The number of rotatable bonds is 6. The summed E-state index contributed by atoms with van der Waals surface area (Å²) in [5.41, 5.74) is 0. The van der Waals surface area contributed by atoms with Crippen LogP contribution in [0.2, 0.25) is 0 Å². The molecule has 0 fully saturated rings. The van der Waals surface area contributed by atoms with Gasteiger partial charge in [0.1, 0.15) is 5.25 Å². The fourth-order valence-electron chi connectivity index (χ4n) is 1.21. The van der Waals surface area contributed by atoms with Crippen molar-refractivity contribution < 1.29 is 9.00 Å². The molecule has 0 aliphatic heterocycles. The molecule has 0 saturated heterocycles. The predicted molar refractivity (Wildman–Crippen MR) is 76.6 cm³/mol. The van der Waals surface area contributed by atoms with Crippen LogP contribution in [0.3, 0.4) is 0 Å². The SMILES string of the molecule is CCCNC(=O)[C@@H](C)[S@@](=O)Cc1ccc(Br)s1. The van der Waals surface area contributed by atoms with Gasteiger partial charge in [0.2, 0.25) is 5.91 Å². The van der Waals surface area contributed by atoms with Gasteiger partial charge >= 0.3 is 0 Å². The van der Waals surface area contributed by atoms with Crippen molar-refractivity contribution in [2.45, 2.75) is 31.3 Å². The van der Waals surface area contributed by atoms with Crippen molar-refractivity contribution in [3.05, 3.63) is 20.8 Å². The maximum Gasteiger partial charge on any atom is 0.235 e. The summed E-state index contributed by atoms with van der Waals surface area (Å²) in [7, 11) is -1.16. The van der Waals surface area contributed by atoms with E-state index in [0.29, 0.717) is 12.3 Å². The van der Waals surface area contributed by atoms with E-state index >= 15 is 0 Å². The topological polar surface area (TPSA) is 46.2 Å². The maximum absolute atomic E-state index is 12.0. The molecule has 0 radical (unpaired) electrons. The zero-order valence-electron chi connectivity index (χ0n) is 9.86. The van der Waals surface area contributed by atoms with Crippen molar-refractivity contribution in [1.29, 1.82) is 0 Å². The largest absolute Gasteiger partial charge is 0.355 e. The fraction of sp³-hybridized carbons (Fsp3) is 0.545. The van der Waals surface area contributed by atoms with Gasteiger partial charge in [-0.15, -0.1) is 11.3 Å². The van der Waals surface area contributed by atoms with Crippen LogP contribution >= 0.6 is 27.3 Å². The van der Waals surface area contributed by atoms with Crippen LogP contribution in [-0.2, 0) is 21.3 Å². The Morgan fingerprint density at radius 1 is 1.59 bits per heavy atom. The Kier molecular flexibility index (Phi) is 6.37. The first-order valence-electron chi connectivity index (χ1n) is 5.43. The molecule has 2 atom stereocenters. The smallest absolute Gasteiger partial charge is 0.235 e. The Morgan fingerprint density at radius 3 is 2.82 bits per heavy atom. The van der Waals surface area contributed by atoms with E-state index in [2.05, 4.69) is 21.2 Å². The molecule has 0 bridgehead atoms. The average Bonchev–Trinajstić information content (AvgIpc) is 2.70.